The summed E-state index contributed by atoms with van der Waals surface area (Å²) >= 11 is 6.10. The maximum absolute atomic E-state index is 14.1. The molecule has 2 saturated heterocycles. The first-order valence-electron chi connectivity index (χ1n) is 15.7. The summed E-state index contributed by atoms with van der Waals surface area (Å²) in [7, 11) is 0. The van der Waals surface area contributed by atoms with E-state index in [1.807, 2.05) is 16.7 Å². The number of aromatic nitrogens is 5. The molecule has 6 rings (SSSR count). The molecule has 3 aromatic heterocycles. The van der Waals surface area contributed by atoms with E-state index < -0.39 is 29.1 Å². The fraction of sp³-hybridized carbons (Fsp3) is 0.433. The minimum Gasteiger partial charge on any atom is -0.441 e. The molecule has 0 radical (unpaired) electrons. The third kappa shape index (κ3) is 7.23. The van der Waals surface area contributed by atoms with Crippen molar-refractivity contribution in [2.75, 3.05) is 74.1 Å². The SMILES string of the molecule is CCc1c(N2CCN(C(=O)CNC(=O)c3ncco3)CC2)c(=O)n2nc(N3CCOCC3)nc2n1CC(=O)Nc1ccc(C(F)(F)F)cc1Cl. The Labute approximate surface area is 286 Å². The maximum atomic E-state index is 14.1. The number of amides is 3. The molecule has 0 spiro atoms. The Hall–Kier alpha value is -5.17. The number of anilines is 3. The monoisotopic (exact) mass is 720 g/mol. The zero-order valence-corrected chi connectivity index (χ0v) is 27.5. The molecular formula is C30H32ClF3N10O6. The summed E-state index contributed by atoms with van der Waals surface area (Å²) in [6.45, 7) is 3.99. The number of fused-ring (bicyclic) bond motifs is 1. The van der Waals surface area contributed by atoms with Gasteiger partial charge >= 0.3 is 12.1 Å². The highest BCUT2D eigenvalue weighted by atomic mass is 35.5. The normalized spacial score (nSPS) is 15.4. The van der Waals surface area contributed by atoms with E-state index in [1.165, 1.54) is 12.5 Å². The van der Waals surface area contributed by atoms with Crippen LogP contribution in [0.4, 0.5) is 30.5 Å². The number of ether oxygens (including phenoxy) is 1. The molecule has 20 heteroatoms. The summed E-state index contributed by atoms with van der Waals surface area (Å²) in [5.41, 5.74) is -0.715. The Morgan fingerprint density at radius 1 is 1.04 bits per heavy atom. The summed E-state index contributed by atoms with van der Waals surface area (Å²) in [5.74, 6) is -1.39. The van der Waals surface area contributed by atoms with Crippen LogP contribution in [0.25, 0.3) is 5.78 Å². The van der Waals surface area contributed by atoms with Crippen molar-refractivity contribution in [2.24, 2.45) is 0 Å². The average molecular weight is 721 g/mol. The number of nitrogens with zero attached hydrogens (tertiary/aromatic N) is 8. The van der Waals surface area contributed by atoms with Crippen molar-refractivity contribution in [2.45, 2.75) is 26.1 Å². The first-order chi connectivity index (χ1) is 23.9. The number of halogens is 4. The minimum atomic E-state index is -4.61. The lowest BCUT2D eigenvalue weighted by Gasteiger charge is -2.36. The van der Waals surface area contributed by atoms with Crippen LogP contribution in [0.15, 0.2) is 39.9 Å². The van der Waals surface area contributed by atoms with Crippen LogP contribution >= 0.6 is 11.6 Å². The number of oxazole rings is 1. The van der Waals surface area contributed by atoms with Gasteiger partial charge in [0.25, 0.3) is 11.4 Å². The highest BCUT2D eigenvalue weighted by Crippen LogP contribution is 2.34. The molecule has 2 aliphatic heterocycles. The predicted octanol–water partition coefficient (Wildman–Crippen LogP) is 1.67. The molecule has 0 unspecified atom stereocenters. The second-order valence-corrected chi connectivity index (χ2v) is 11.8. The molecule has 3 amide bonds. The Morgan fingerprint density at radius 2 is 1.78 bits per heavy atom. The number of hydrogen-bond acceptors (Lipinski definition) is 11. The number of nitrogens with one attached hydrogen (secondary N) is 2. The van der Waals surface area contributed by atoms with Crippen molar-refractivity contribution in [3.63, 3.8) is 0 Å². The first kappa shape index (κ1) is 34.7. The fourth-order valence-electron chi connectivity index (χ4n) is 5.80. The average Bonchev–Trinajstić information content (AvgIpc) is 3.81. The van der Waals surface area contributed by atoms with Gasteiger partial charge in [0, 0.05) is 39.3 Å². The summed E-state index contributed by atoms with van der Waals surface area (Å²) in [4.78, 5) is 66.2. The molecule has 16 nitrogen and oxygen atoms in total. The Balaban J connectivity index is 1.27. The number of hydrogen-bond donors (Lipinski definition) is 2. The van der Waals surface area contributed by atoms with Gasteiger partial charge in [0.1, 0.15) is 18.5 Å². The second-order valence-electron chi connectivity index (χ2n) is 11.4. The van der Waals surface area contributed by atoms with Crippen molar-refractivity contribution in [1.29, 1.82) is 0 Å². The topological polar surface area (TPSA) is 172 Å². The Bertz CT molecular complexity index is 1950. The van der Waals surface area contributed by atoms with Crippen molar-refractivity contribution in [3.05, 3.63) is 63.2 Å². The highest BCUT2D eigenvalue weighted by Gasteiger charge is 2.32. The molecule has 0 aliphatic carbocycles. The van der Waals surface area contributed by atoms with Crippen LogP contribution in [0.2, 0.25) is 5.02 Å². The molecule has 1 aromatic carbocycles. The van der Waals surface area contributed by atoms with E-state index in [2.05, 4.69) is 25.7 Å². The number of piperazine rings is 1. The van der Waals surface area contributed by atoms with Crippen LogP contribution in [0.5, 0.6) is 0 Å². The fourth-order valence-corrected chi connectivity index (χ4v) is 6.03. The quantitative estimate of drug-likeness (QED) is 0.258. The van der Waals surface area contributed by atoms with Crippen molar-refractivity contribution in [3.8, 4) is 0 Å². The molecule has 5 heterocycles. The molecule has 2 fully saturated rings. The van der Waals surface area contributed by atoms with Crippen LogP contribution in [0, 0.1) is 0 Å². The van der Waals surface area contributed by atoms with E-state index in [-0.39, 0.29) is 79.2 Å². The molecule has 2 N–H and O–H groups in total. The zero-order valence-electron chi connectivity index (χ0n) is 26.7. The van der Waals surface area contributed by atoms with Gasteiger partial charge in [-0.3, -0.25) is 19.2 Å². The third-order valence-electron chi connectivity index (χ3n) is 8.29. The van der Waals surface area contributed by atoms with Gasteiger partial charge in [-0.25, -0.2) is 4.98 Å². The molecule has 4 aromatic rings. The van der Waals surface area contributed by atoms with Gasteiger partial charge in [0.15, 0.2) is 0 Å². The smallest absolute Gasteiger partial charge is 0.416 e. The Kier molecular flexibility index (Phi) is 9.96. The van der Waals surface area contributed by atoms with E-state index in [0.717, 1.165) is 22.7 Å². The predicted molar refractivity (Wildman–Crippen MR) is 172 cm³/mol. The summed E-state index contributed by atoms with van der Waals surface area (Å²) < 4.78 is 52.6. The van der Waals surface area contributed by atoms with E-state index in [9.17, 15) is 32.3 Å². The number of alkyl halides is 3. The molecule has 0 atom stereocenters. The lowest BCUT2D eigenvalue weighted by atomic mass is 10.2. The van der Waals surface area contributed by atoms with Gasteiger partial charge in [0.2, 0.25) is 23.5 Å². The molecule has 50 heavy (non-hydrogen) atoms. The van der Waals surface area contributed by atoms with Gasteiger partial charge in [-0.2, -0.15) is 22.7 Å². The number of carbonyl (C=O) groups excluding carboxylic acids is 3. The Morgan fingerprint density at radius 3 is 2.42 bits per heavy atom. The van der Waals surface area contributed by atoms with Crippen LogP contribution in [0.1, 0.15) is 28.9 Å². The number of morpholine rings is 1. The summed E-state index contributed by atoms with van der Waals surface area (Å²) in [5, 5.41) is 9.26. The van der Waals surface area contributed by atoms with Crippen molar-refractivity contribution < 1.29 is 36.7 Å². The summed E-state index contributed by atoms with van der Waals surface area (Å²) in [6, 6.07) is 2.62. The van der Waals surface area contributed by atoms with E-state index in [4.69, 9.17) is 20.8 Å². The van der Waals surface area contributed by atoms with Crippen LogP contribution < -0.4 is 26.0 Å². The van der Waals surface area contributed by atoms with Crippen LogP contribution in [-0.2, 0) is 33.5 Å². The van der Waals surface area contributed by atoms with Crippen LogP contribution in [-0.4, -0.2) is 106 Å². The van der Waals surface area contributed by atoms with Crippen molar-refractivity contribution in [1.82, 2.24) is 34.4 Å². The summed E-state index contributed by atoms with van der Waals surface area (Å²) in [6.07, 6.45) is -1.76. The van der Waals surface area contributed by atoms with E-state index in [0.29, 0.717) is 38.4 Å². The third-order valence-corrected chi connectivity index (χ3v) is 8.60. The van der Waals surface area contributed by atoms with E-state index >= 15 is 0 Å². The van der Waals surface area contributed by atoms with Crippen LogP contribution in [0.3, 0.4) is 0 Å². The van der Waals surface area contributed by atoms with E-state index in [1.54, 1.807) is 9.47 Å². The van der Waals surface area contributed by atoms with Crippen molar-refractivity contribution >= 4 is 52.4 Å². The number of benzene rings is 1. The van der Waals surface area contributed by atoms with Gasteiger partial charge in [-0.05, 0) is 24.6 Å². The molecule has 266 valence electrons. The standard InChI is InChI=1S/C30H32ClF3N10O6/c1-2-21-24(41-8-6-40(7-9-41)23(46)16-36-25(47)26-35-5-12-50-26)27(48)44-29(38-28(39-44)42-10-13-49-14-11-42)43(21)17-22(45)37-20-4-3-18(15-19(20)31)30(32,33)34/h3-5,12,15H,2,6-11,13-14,16-17H2,1H3,(H,36,47)(H,37,45). The van der Waals surface area contributed by atoms with Gasteiger partial charge in [-0.15, -0.1) is 5.10 Å². The molecule has 0 bridgehead atoms. The molecular weight excluding hydrogens is 689 g/mol. The number of carbonyl (C=O) groups is 3. The zero-order chi connectivity index (χ0) is 35.6. The van der Waals surface area contributed by atoms with Gasteiger partial charge in [-0.1, -0.05) is 18.5 Å². The second kappa shape index (κ2) is 14.4. The lowest BCUT2D eigenvalue weighted by molar-refractivity contribution is -0.137. The van der Waals surface area contributed by atoms with Gasteiger partial charge < -0.3 is 39.1 Å². The lowest BCUT2D eigenvalue weighted by Crippen LogP contribution is -2.52. The molecule has 2 aliphatic rings. The molecule has 0 saturated carbocycles. The maximum Gasteiger partial charge on any atom is 0.416 e. The van der Waals surface area contributed by atoms with Gasteiger partial charge in [0.05, 0.1) is 47.9 Å². The first-order valence-corrected chi connectivity index (χ1v) is 16.0. The largest absolute Gasteiger partial charge is 0.441 e. The highest BCUT2D eigenvalue weighted by molar-refractivity contribution is 6.33. The minimum absolute atomic E-state index is 0.0205. The number of rotatable bonds is 9.